The Morgan fingerprint density at radius 1 is 1.42 bits per heavy atom. The Labute approximate surface area is 82.7 Å². The standard InChI is InChI=1S/C9H14ClNS/c1-2-8-3-4-9(12-8)7-11-6-5-10/h3-4,11H,2,5-7H2,1H3. The van der Waals surface area contributed by atoms with E-state index in [1.54, 1.807) is 0 Å². The van der Waals surface area contributed by atoms with E-state index < -0.39 is 0 Å². The minimum Gasteiger partial charge on any atom is -0.311 e. The molecule has 1 heterocycles. The van der Waals surface area contributed by atoms with Crippen molar-refractivity contribution in [1.82, 2.24) is 5.32 Å². The second-order valence-corrected chi connectivity index (χ2v) is 4.22. The molecule has 0 aliphatic carbocycles. The summed E-state index contributed by atoms with van der Waals surface area (Å²) in [5.74, 6) is 0.687. The molecule has 0 aliphatic rings. The van der Waals surface area contributed by atoms with Crippen molar-refractivity contribution in [3.05, 3.63) is 21.9 Å². The quantitative estimate of drug-likeness (QED) is 0.573. The maximum atomic E-state index is 5.54. The number of hydrogen-bond donors (Lipinski definition) is 1. The summed E-state index contributed by atoms with van der Waals surface area (Å²) in [6.07, 6.45) is 1.14. The van der Waals surface area contributed by atoms with E-state index in [2.05, 4.69) is 24.4 Å². The minimum atomic E-state index is 0.687. The van der Waals surface area contributed by atoms with Crippen LogP contribution in [0.25, 0.3) is 0 Å². The summed E-state index contributed by atoms with van der Waals surface area (Å²) >= 11 is 7.42. The van der Waals surface area contributed by atoms with Gasteiger partial charge in [0, 0.05) is 28.7 Å². The van der Waals surface area contributed by atoms with Gasteiger partial charge in [-0.3, -0.25) is 0 Å². The van der Waals surface area contributed by atoms with Crippen molar-refractivity contribution in [3.8, 4) is 0 Å². The molecule has 0 atom stereocenters. The fourth-order valence-electron chi connectivity index (χ4n) is 0.986. The highest BCUT2D eigenvalue weighted by molar-refractivity contribution is 7.11. The average Bonchev–Trinajstić information content (AvgIpc) is 2.53. The van der Waals surface area contributed by atoms with E-state index in [0.29, 0.717) is 5.88 Å². The van der Waals surface area contributed by atoms with Gasteiger partial charge in [-0.2, -0.15) is 0 Å². The summed E-state index contributed by atoms with van der Waals surface area (Å²) in [5.41, 5.74) is 0. The van der Waals surface area contributed by atoms with E-state index in [0.717, 1.165) is 19.5 Å². The first kappa shape index (κ1) is 10.0. The van der Waals surface area contributed by atoms with Crippen LogP contribution >= 0.6 is 22.9 Å². The Morgan fingerprint density at radius 3 is 2.75 bits per heavy atom. The molecule has 0 amide bonds. The van der Waals surface area contributed by atoms with Crippen molar-refractivity contribution < 1.29 is 0 Å². The number of rotatable bonds is 5. The molecule has 0 fully saturated rings. The maximum Gasteiger partial charge on any atom is 0.0348 e. The van der Waals surface area contributed by atoms with Crippen molar-refractivity contribution >= 4 is 22.9 Å². The molecule has 0 saturated heterocycles. The van der Waals surface area contributed by atoms with Crippen LogP contribution in [0.4, 0.5) is 0 Å². The van der Waals surface area contributed by atoms with Gasteiger partial charge in [-0.15, -0.1) is 22.9 Å². The summed E-state index contributed by atoms with van der Waals surface area (Å²) in [6, 6.07) is 4.38. The first-order chi connectivity index (χ1) is 5.86. The second-order valence-electron chi connectivity index (χ2n) is 2.59. The molecular weight excluding hydrogens is 190 g/mol. The van der Waals surface area contributed by atoms with Gasteiger partial charge < -0.3 is 5.32 Å². The molecule has 0 radical (unpaired) electrons. The van der Waals surface area contributed by atoms with Crippen LogP contribution in [0.5, 0.6) is 0 Å². The summed E-state index contributed by atoms with van der Waals surface area (Å²) in [5, 5.41) is 3.27. The molecule has 3 heteroatoms. The van der Waals surface area contributed by atoms with Crippen molar-refractivity contribution in [2.24, 2.45) is 0 Å². The molecule has 0 aromatic carbocycles. The first-order valence-corrected chi connectivity index (χ1v) is 5.56. The Balaban J connectivity index is 2.31. The summed E-state index contributed by atoms with van der Waals surface area (Å²) in [6.45, 7) is 4.03. The highest BCUT2D eigenvalue weighted by Crippen LogP contribution is 2.16. The lowest BCUT2D eigenvalue weighted by Crippen LogP contribution is -2.14. The van der Waals surface area contributed by atoms with Gasteiger partial charge in [0.2, 0.25) is 0 Å². The van der Waals surface area contributed by atoms with E-state index >= 15 is 0 Å². The molecule has 1 N–H and O–H groups in total. The van der Waals surface area contributed by atoms with Crippen molar-refractivity contribution in [1.29, 1.82) is 0 Å². The third kappa shape index (κ3) is 3.13. The van der Waals surface area contributed by atoms with E-state index in [9.17, 15) is 0 Å². The molecule has 1 rings (SSSR count). The van der Waals surface area contributed by atoms with Gasteiger partial charge in [-0.25, -0.2) is 0 Å². The van der Waals surface area contributed by atoms with Gasteiger partial charge in [0.25, 0.3) is 0 Å². The summed E-state index contributed by atoms with van der Waals surface area (Å²) in [7, 11) is 0. The topological polar surface area (TPSA) is 12.0 Å². The highest BCUT2D eigenvalue weighted by atomic mass is 35.5. The molecule has 0 unspecified atom stereocenters. The number of nitrogens with one attached hydrogen (secondary N) is 1. The Bertz CT molecular complexity index is 222. The average molecular weight is 204 g/mol. The zero-order chi connectivity index (χ0) is 8.81. The van der Waals surface area contributed by atoms with Crippen molar-refractivity contribution in [2.45, 2.75) is 19.9 Å². The fourth-order valence-corrected chi connectivity index (χ4v) is 2.05. The van der Waals surface area contributed by atoms with Gasteiger partial charge in [0.05, 0.1) is 0 Å². The molecule has 0 spiro atoms. The van der Waals surface area contributed by atoms with Crippen LogP contribution in [-0.4, -0.2) is 12.4 Å². The Kier molecular flexibility index (Phi) is 4.66. The van der Waals surface area contributed by atoms with E-state index in [1.165, 1.54) is 9.75 Å². The second kappa shape index (κ2) is 5.57. The monoisotopic (exact) mass is 203 g/mol. The van der Waals surface area contributed by atoms with Gasteiger partial charge in [0.1, 0.15) is 0 Å². The van der Waals surface area contributed by atoms with Crippen LogP contribution in [0.3, 0.4) is 0 Å². The predicted molar refractivity (Wildman–Crippen MR) is 56.1 cm³/mol. The fraction of sp³-hybridized carbons (Fsp3) is 0.556. The number of halogens is 1. The van der Waals surface area contributed by atoms with Gasteiger partial charge in [-0.05, 0) is 18.6 Å². The number of hydrogen-bond acceptors (Lipinski definition) is 2. The summed E-state index contributed by atoms with van der Waals surface area (Å²) < 4.78 is 0. The molecule has 0 aliphatic heterocycles. The SMILES string of the molecule is CCc1ccc(CNCCCl)s1. The molecule has 1 aromatic rings. The lowest BCUT2D eigenvalue weighted by atomic mass is 10.3. The third-order valence-electron chi connectivity index (χ3n) is 1.64. The van der Waals surface area contributed by atoms with Crippen LogP contribution in [0.1, 0.15) is 16.7 Å². The van der Waals surface area contributed by atoms with E-state index in [-0.39, 0.29) is 0 Å². The van der Waals surface area contributed by atoms with Gasteiger partial charge >= 0.3 is 0 Å². The largest absolute Gasteiger partial charge is 0.311 e. The van der Waals surface area contributed by atoms with Gasteiger partial charge in [-0.1, -0.05) is 6.92 Å². The van der Waals surface area contributed by atoms with Crippen LogP contribution in [0.2, 0.25) is 0 Å². The lowest BCUT2D eigenvalue weighted by molar-refractivity contribution is 0.739. The zero-order valence-corrected chi connectivity index (χ0v) is 8.84. The normalized spacial score (nSPS) is 10.5. The molecular formula is C9H14ClNS. The summed E-state index contributed by atoms with van der Waals surface area (Å²) in [4.78, 5) is 2.86. The zero-order valence-electron chi connectivity index (χ0n) is 7.27. The Morgan fingerprint density at radius 2 is 2.17 bits per heavy atom. The van der Waals surface area contributed by atoms with E-state index in [4.69, 9.17) is 11.6 Å². The minimum absolute atomic E-state index is 0.687. The molecule has 68 valence electrons. The molecule has 12 heavy (non-hydrogen) atoms. The van der Waals surface area contributed by atoms with Crippen LogP contribution in [-0.2, 0) is 13.0 Å². The van der Waals surface area contributed by atoms with Gasteiger partial charge in [0.15, 0.2) is 0 Å². The van der Waals surface area contributed by atoms with Crippen molar-refractivity contribution in [3.63, 3.8) is 0 Å². The van der Waals surface area contributed by atoms with Crippen LogP contribution < -0.4 is 5.32 Å². The highest BCUT2D eigenvalue weighted by Gasteiger charge is 1.96. The third-order valence-corrected chi connectivity index (χ3v) is 3.05. The lowest BCUT2D eigenvalue weighted by Gasteiger charge is -1.97. The first-order valence-electron chi connectivity index (χ1n) is 4.21. The van der Waals surface area contributed by atoms with Crippen LogP contribution in [0.15, 0.2) is 12.1 Å². The maximum absolute atomic E-state index is 5.54. The molecule has 0 saturated carbocycles. The van der Waals surface area contributed by atoms with E-state index in [1.807, 2.05) is 11.3 Å². The van der Waals surface area contributed by atoms with Crippen LogP contribution in [0, 0.1) is 0 Å². The predicted octanol–water partition coefficient (Wildman–Crippen LogP) is 2.64. The van der Waals surface area contributed by atoms with Crippen molar-refractivity contribution in [2.75, 3.05) is 12.4 Å². The number of aryl methyl sites for hydroxylation is 1. The number of thiophene rings is 1. The molecule has 0 bridgehead atoms. The number of alkyl halides is 1. The Hall–Kier alpha value is -0.0500. The molecule has 1 nitrogen and oxygen atoms in total. The molecule has 1 aromatic heterocycles. The smallest absolute Gasteiger partial charge is 0.0348 e.